The highest BCUT2D eigenvalue weighted by Crippen LogP contribution is 2.34. The third kappa shape index (κ3) is 3.50. The van der Waals surface area contributed by atoms with Crippen LogP contribution in [0, 0.1) is 12.8 Å². The second kappa shape index (κ2) is 6.95. The van der Waals surface area contributed by atoms with Crippen molar-refractivity contribution in [3.8, 4) is 0 Å². The van der Waals surface area contributed by atoms with Gasteiger partial charge in [0.1, 0.15) is 0 Å². The van der Waals surface area contributed by atoms with Crippen LogP contribution in [0.1, 0.15) is 38.7 Å². The minimum absolute atomic E-state index is 0.733. The van der Waals surface area contributed by atoms with E-state index in [2.05, 4.69) is 55.3 Å². The van der Waals surface area contributed by atoms with E-state index < -0.39 is 0 Å². The number of nitrogens with zero attached hydrogens (tertiary/aromatic N) is 1. The molecule has 1 N–H and O–H groups in total. The second-order valence-corrected chi connectivity index (χ2v) is 5.73. The number of hydrogen-bond acceptors (Lipinski definition) is 2. The first kappa shape index (κ1) is 14.4. The lowest BCUT2D eigenvalue weighted by molar-refractivity contribution is 0.235. The molecule has 0 amide bonds. The van der Waals surface area contributed by atoms with Crippen molar-refractivity contribution >= 4 is 5.69 Å². The average Bonchev–Trinajstić information content (AvgIpc) is 2.39. The Bertz CT molecular complexity index is 389. The van der Waals surface area contributed by atoms with Gasteiger partial charge in [0.25, 0.3) is 0 Å². The highest BCUT2D eigenvalue weighted by atomic mass is 15.2. The van der Waals surface area contributed by atoms with Gasteiger partial charge in [-0.15, -0.1) is 0 Å². The van der Waals surface area contributed by atoms with E-state index in [-0.39, 0.29) is 0 Å². The molecule has 2 unspecified atom stereocenters. The SMILES string of the molecule is CCCNCC1CCC1N(CC)c1cccc(C)c1. The van der Waals surface area contributed by atoms with E-state index in [1.165, 1.54) is 37.1 Å². The van der Waals surface area contributed by atoms with Gasteiger partial charge in [0.05, 0.1) is 0 Å². The van der Waals surface area contributed by atoms with Gasteiger partial charge >= 0.3 is 0 Å². The van der Waals surface area contributed by atoms with E-state index in [0.29, 0.717) is 0 Å². The van der Waals surface area contributed by atoms with Gasteiger partial charge in [-0.25, -0.2) is 0 Å². The molecule has 1 aliphatic carbocycles. The fraction of sp³-hybridized carbons (Fsp3) is 0.647. The first-order valence-electron chi connectivity index (χ1n) is 7.80. The monoisotopic (exact) mass is 260 g/mol. The molecule has 1 aromatic carbocycles. The zero-order chi connectivity index (χ0) is 13.7. The molecule has 1 aliphatic rings. The van der Waals surface area contributed by atoms with Crippen LogP contribution >= 0.6 is 0 Å². The van der Waals surface area contributed by atoms with Crippen LogP contribution < -0.4 is 10.2 Å². The van der Waals surface area contributed by atoms with Crippen LogP contribution in [-0.2, 0) is 0 Å². The van der Waals surface area contributed by atoms with Gasteiger partial charge in [-0.2, -0.15) is 0 Å². The first-order chi connectivity index (χ1) is 9.26. The Hall–Kier alpha value is -1.02. The van der Waals surface area contributed by atoms with E-state index in [9.17, 15) is 0 Å². The summed E-state index contributed by atoms with van der Waals surface area (Å²) in [6.07, 6.45) is 3.96. The third-order valence-electron chi connectivity index (χ3n) is 4.28. The molecule has 2 heteroatoms. The van der Waals surface area contributed by atoms with Gasteiger partial charge in [-0.05, 0) is 69.8 Å². The Labute approximate surface area is 118 Å². The topological polar surface area (TPSA) is 15.3 Å². The molecule has 0 aromatic heterocycles. The summed E-state index contributed by atoms with van der Waals surface area (Å²) in [6.45, 7) is 10.1. The summed E-state index contributed by atoms with van der Waals surface area (Å²) >= 11 is 0. The minimum Gasteiger partial charge on any atom is -0.368 e. The Kier molecular flexibility index (Phi) is 5.26. The maximum atomic E-state index is 3.58. The van der Waals surface area contributed by atoms with Gasteiger partial charge in [0, 0.05) is 18.3 Å². The molecule has 2 rings (SSSR count). The van der Waals surface area contributed by atoms with Gasteiger partial charge in [0.2, 0.25) is 0 Å². The molecule has 0 spiro atoms. The van der Waals surface area contributed by atoms with Crippen molar-refractivity contribution in [3.63, 3.8) is 0 Å². The number of rotatable bonds is 7. The Morgan fingerprint density at radius 1 is 1.26 bits per heavy atom. The number of anilines is 1. The van der Waals surface area contributed by atoms with Crippen molar-refractivity contribution in [2.75, 3.05) is 24.5 Å². The van der Waals surface area contributed by atoms with Gasteiger partial charge in [-0.1, -0.05) is 19.1 Å². The van der Waals surface area contributed by atoms with E-state index in [1.807, 2.05) is 0 Å². The molecule has 0 bridgehead atoms. The van der Waals surface area contributed by atoms with Crippen molar-refractivity contribution in [3.05, 3.63) is 29.8 Å². The van der Waals surface area contributed by atoms with Crippen LogP contribution in [0.15, 0.2) is 24.3 Å². The summed E-state index contributed by atoms with van der Waals surface area (Å²) in [5, 5.41) is 3.58. The summed E-state index contributed by atoms with van der Waals surface area (Å²) < 4.78 is 0. The van der Waals surface area contributed by atoms with E-state index in [1.54, 1.807) is 0 Å². The maximum Gasteiger partial charge on any atom is 0.0371 e. The van der Waals surface area contributed by atoms with Crippen LogP contribution in [-0.4, -0.2) is 25.7 Å². The lowest BCUT2D eigenvalue weighted by Gasteiger charge is -2.45. The van der Waals surface area contributed by atoms with Crippen LogP contribution in [0.3, 0.4) is 0 Å². The zero-order valence-electron chi connectivity index (χ0n) is 12.7. The van der Waals surface area contributed by atoms with Crippen molar-refractivity contribution in [2.24, 2.45) is 5.92 Å². The lowest BCUT2D eigenvalue weighted by Crippen LogP contribution is -2.50. The number of benzene rings is 1. The molecule has 2 atom stereocenters. The molecule has 106 valence electrons. The van der Waals surface area contributed by atoms with E-state index in [0.717, 1.165) is 25.0 Å². The average molecular weight is 260 g/mol. The molecular weight excluding hydrogens is 232 g/mol. The van der Waals surface area contributed by atoms with Gasteiger partial charge < -0.3 is 10.2 Å². The molecule has 1 fully saturated rings. The Morgan fingerprint density at radius 3 is 2.68 bits per heavy atom. The fourth-order valence-corrected chi connectivity index (χ4v) is 3.08. The number of aryl methyl sites for hydroxylation is 1. The Balaban J connectivity index is 1.98. The number of nitrogens with one attached hydrogen (secondary N) is 1. The molecule has 19 heavy (non-hydrogen) atoms. The lowest BCUT2D eigenvalue weighted by atomic mass is 9.78. The summed E-state index contributed by atoms with van der Waals surface area (Å²) in [4.78, 5) is 2.59. The third-order valence-corrected chi connectivity index (χ3v) is 4.28. The van der Waals surface area contributed by atoms with Crippen LogP contribution in [0.5, 0.6) is 0 Å². The minimum atomic E-state index is 0.733. The molecule has 0 radical (unpaired) electrons. The molecule has 0 heterocycles. The molecule has 1 saturated carbocycles. The van der Waals surface area contributed by atoms with Crippen molar-refractivity contribution < 1.29 is 0 Å². The largest absolute Gasteiger partial charge is 0.368 e. The summed E-state index contributed by atoms with van der Waals surface area (Å²) in [6, 6.07) is 9.66. The molecule has 2 nitrogen and oxygen atoms in total. The highest BCUT2D eigenvalue weighted by Gasteiger charge is 2.34. The zero-order valence-corrected chi connectivity index (χ0v) is 12.7. The quantitative estimate of drug-likeness (QED) is 0.754. The van der Waals surface area contributed by atoms with Gasteiger partial charge in [0.15, 0.2) is 0 Å². The van der Waals surface area contributed by atoms with Crippen molar-refractivity contribution in [2.45, 2.75) is 46.1 Å². The van der Waals surface area contributed by atoms with Crippen LogP contribution in [0.25, 0.3) is 0 Å². The predicted molar refractivity (Wildman–Crippen MR) is 83.9 cm³/mol. The smallest absolute Gasteiger partial charge is 0.0371 e. The van der Waals surface area contributed by atoms with E-state index >= 15 is 0 Å². The van der Waals surface area contributed by atoms with Crippen molar-refractivity contribution in [1.82, 2.24) is 5.32 Å². The molecule has 1 aromatic rings. The predicted octanol–water partition coefficient (Wildman–Crippen LogP) is 3.60. The highest BCUT2D eigenvalue weighted by molar-refractivity contribution is 5.50. The normalized spacial score (nSPS) is 22.1. The molecule has 0 saturated heterocycles. The maximum absolute atomic E-state index is 3.58. The fourth-order valence-electron chi connectivity index (χ4n) is 3.08. The first-order valence-corrected chi connectivity index (χ1v) is 7.80. The summed E-state index contributed by atoms with van der Waals surface area (Å²) in [5.74, 6) is 0.826. The molecular formula is C17H28N2. The molecule has 0 aliphatic heterocycles. The van der Waals surface area contributed by atoms with E-state index in [4.69, 9.17) is 0 Å². The standard InChI is InChI=1S/C17H28N2/c1-4-11-18-13-15-9-10-17(15)19(5-2)16-8-6-7-14(3)12-16/h6-8,12,15,17-18H,4-5,9-11,13H2,1-3H3. The van der Waals surface area contributed by atoms with Crippen LogP contribution in [0.4, 0.5) is 5.69 Å². The summed E-state index contributed by atoms with van der Waals surface area (Å²) in [7, 11) is 0. The van der Waals surface area contributed by atoms with Crippen LogP contribution in [0.2, 0.25) is 0 Å². The summed E-state index contributed by atoms with van der Waals surface area (Å²) in [5.41, 5.74) is 2.75. The number of hydrogen-bond donors (Lipinski definition) is 1. The van der Waals surface area contributed by atoms with Gasteiger partial charge in [-0.3, -0.25) is 0 Å². The Morgan fingerprint density at radius 2 is 2.11 bits per heavy atom. The van der Waals surface area contributed by atoms with Crippen molar-refractivity contribution in [1.29, 1.82) is 0 Å². The second-order valence-electron chi connectivity index (χ2n) is 5.73.